The molecule has 30 heavy (non-hydrogen) atoms. The first kappa shape index (κ1) is 19.1. The number of esters is 2. The number of nitrogens with zero attached hydrogens (tertiary/aromatic N) is 1. The van der Waals surface area contributed by atoms with Crippen LogP contribution in [0.4, 0.5) is 0 Å². The van der Waals surface area contributed by atoms with E-state index in [1.807, 2.05) is 0 Å². The third-order valence-corrected chi connectivity index (χ3v) is 4.38. The van der Waals surface area contributed by atoms with Crippen molar-refractivity contribution in [2.24, 2.45) is 0 Å². The van der Waals surface area contributed by atoms with Gasteiger partial charge in [0, 0.05) is 18.5 Å². The van der Waals surface area contributed by atoms with Crippen molar-refractivity contribution in [3.63, 3.8) is 0 Å². The van der Waals surface area contributed by atoms with E-state index in [0.29, 0.717) is 28.0 Å². The number of hydrogen-bond acceptors (Lipinski definition) is 7. The minimum atomic E-state index is -0.561. The molecule has 0 saturated heterocycles. The Hall–Kier alpha value is -4.26. The van der Waals surface area contributed by atoms with Crippen LogP contribution in [0.2, 0.25) is 0 Å². The van der Waals surface area contributed by atoms with Gasteiger partial charge in [-0.1, -0.05) is 12.1 Å². The molecular formula is C23H15NO6. The van der Waals surface area contributed by atoms with Crippen molar-refractivity contribution in [1.82, 2.24) is 4.98 Å². The van der Waals surface area contributed by atoms with Crippen LogP contribution in [0.25, 0.3) is 6.08 Å². The highest BCUT2D eigenvalue weighted by Crippen LogP contribution is 2.35. The van der Waals surface area contributed by atoms with Crippen LogP contribution in [-0.4, -0.2) is 29.8 Å². The van der Waals surface area contributed by atoms with Gasteiger partial charge in [-0.25, -0.2) is 9.59 Å². The quantitative estimate of drug-likeness (QED) is 0.374. The average Bonchev–Trinajstić information content (AvgIpc) is 3.08. The van der Waals surface area contributed by atoms with Crippen LogP contribution >= 0.6 is 0 Å². The molecule has 7 nitrogen and oxygen atoms in total. The predicted molar refractivity (Wildman–Crippen MR) is 106 cm³/mol. The van der Waals surface area contributed by atoms with E-state index < -0.39 is 11.9 Å². The molecule has 0 amide bonds. The number of pyridine rings is 1. The molecule has 0 spiro atoms. The monoisotopic (exact) mass is 401 g/mol. The van der Waals surface area contributed by atoms with Crippen LogP contribution < -0.4 is 9.47 Å². The fourth-order valence-electron chi connectivity index (χ4n) is 2.86. The highest BCUT2D eigenvalue weighted by atomic mass is 16.5. The second-order valence-corrected chi connectivity index (χ2v) is 6.34. The van der Waals surface area contributed by atoms with E-state index in [1.54, 1.807) is 54.7 Å². The number of rotatable bonds is 4. The van der Waals surface area contributed by atoms with Crippen molar-refractivity contribution in [2.45, 2.75) is 0 Å². The Morgan fingerprint density at radius 2 is 1.80 bits per heavy atom. The summed E-state index contributed by atoms with van der Waals surface area (Å²) in [6, 6.07) is 14.3. The number of methoxy groups -OCH3 is 1. The molecular weight excluding hydrogens is 386 g/mol. The van der Waals surface area contributed by atoms with Gasteiger partial charge in [-0.15, -0.1) is 0 Å². The second kappa shape index (κ2) is 8.00. The molecule has 1 aromatic heterocycles. The molecule has 0 saturated carbocycles. The van der Waals surface area contributed by atoms with Gasteiger partial charge in [-0.3, -0.25) is 9.78 Å². The molecule has 0 N–H and O–H groups in total. The van der Waals surface area contributed by atoms with Crippen molar-refractivity contribution < 1.29 is 28.6 Å². The molecule has 2 aromatic carbocycles. The van der Waals surface area contributed by atoms with Gasteiger partial charge >= 0.3 is 11.9 Å². The first-order valence-corrected chi connectivity index (χ1v) is 8.94. The summed E-state index contributed by atoms with van der Waals surface area (Å²) in [7, 11) is 1.31. The third kappa shape index (κ3) is 3.81. The predicted octanol–water partition coefficient (Wildman–Crippen LogP) is 3.70. The maximum absolute atomic E-state index is 12.6. The van der Waals surface area contributed by atoms with Gasteiger partial charge in [-0.2, -0.15) is 0 Å². The third-order valence-electron chi connectivity index (χ3n) is 4.38. The molecule has 1 aliphatic rings. The molecule has 7 heteroatoms. The van der Waals surface area contributed by atoms with E-state index in [9.17, 15) is 14.4 Å². The summed E-state index contributed by atoms with van der Waals surface area (Å²) in [4.78, 5) is 40.2. The van der Waals surface area contributed by atoms with E-state index in [0.717, 1.165) is 0 Å². The van der Waals surface area contributed by atoms with Crippen molar-refractivity contribution in [1.29, 1.82) is 0 Å². The molecule has 0 aliphatic carbocycles. The maximum atomic E-state index is 12.6. The van der Waals surface area contributed by atoms with Gasteiger partial charge in [0.05, 0.1) is 23.8 Å². The van der Waals surface area contributed by atoms with Crippen LogP contribution in [0.5, 0.6) is 11.5 Å². The van der Waals surface area contributed by atoms with Crippen LogP contribution in [0.3, 0.4) is 0 Å². The molecule has 3 aromatic rings. The number of benzene rings is 2. The lowest BCUT2D eigenvalue weighted by Gasteiger charge is -2.05. The van der Waals surface area contributed by atoms with Gasteiger partial charge in [0.25, 0.3) is 0 Å². The van der Waals surface area contributed by atoms with Crippen molar-refractivity contribution >= 4 is 23.8 Å². The number of aromatic nitrogens is 1. The Morgan fingerprint density at radius 3 is 2.50 bits per heavy atom. The van der Waals surface area contributed by atoms with Crippen molar-refractivity contribution in [3.05, 3.63) is 95.0 Å². The number of carbonyl (C=O) groups excluding carboxylic acids is 3. The number of allylic oxidation sites excluding steroid dienone is 1. The summed E-state index contributed by atoms with van der Waals surface area (Å²) in [5.74, 6) is -0.608. The van der Waals surface area contributed by atoms with Crippen LogP contribution in [-0.2, 0) is 4.74 Å². The van der Waals surface area contributed by atoms with Gasteiger partial charge < -0.3 is 14.2 Å². The van der Waals surface area contributed by atoms with Gasteiger partial charge in [0.15, 0.2) is 5.76 Å². The SMILES string of the molecule is COC(=O)c1ccc(/C=C2\Oc3cc(OC(=O)c4cccnc4)ccc3C2=O)cc1. The molecule has 0 atom stereocenters. The number of Topliss-reactive ketones (excluding diaryl/α,β-unsaturated/α-hetero) is 1. The largest absolute Gasteiger partial charge is 0.465 e. The fourth-order valence-corrected chi connectivity index (χ4v) is 2.86. The fraction of sp³-hybridized carbons (Fsp3) is 0.0435. The van der Waals surface area contributed by atoms with Gasteiger partial charge in [-0.05, 0) is 48.0 Å². The molecule has 0 fully saturated rings. The standard InChI is InChI=1S/C23H15NO6/c1-28-22(26)15-6-4-14(5-7-15)11-20-21(25)18-9-8-17(12-19(18)30-20)29-23(27)16-3-2-10-24-13-16/h2-13H,1H3/b20-11-. The Morgan fingerprint density at radius 1 is 1.00 bits per heavy atom. The molecule has 1 aliphatic heterocycles. The van der Waals surface area contributed by atoms with Crippen LogP contribution in [0.1, 0.15) is 36.6 Å². The zero-order valence-corrected chi connectivity index (χ0v) is 15.8. The molecule has 148 valence electrons. The highest BCUT2D eigenvalue weighted by Gasteiger charge is 2.28. The highest BCUT2D eigenvalue weighted by molar-refractivity contribution is 6.14. The maximum Gasteiger partial charge on any atom is 0.345 e. The van der Waals surface area contributed by atoms with Gasteiger partial charge in [0.1, 0.15) is 11.5 Å². The molecule has 0 radical (unpaired) electrons. The summed E-state index contributed by atoms with van der Waals surface area (Å²) in [6.07, 6.45) is 4.54. The summed E-state index contributed by atoms with van der Waals surface area (Å²) in [5, 5.41) is 0. The topological polar surface area (TPSA) is 91.8 Å². The molecule has 0 unspecified atom stereocenters. The van der Waals surface area contributed by atoms with E-state index in [2.05, 4.69) is 9.72 Å². The Kier molecular flexibility index (Phi) is 5.09. The minimum Gasteiger partial charge on any atom is -0.465 e. The lowest BCUT2D eigenvalue weighted by Crippen LogP contribution is -2.08. The van der Waals surface area contributed by atoms with Crippen molar-refractivity contribution in [3.8, 4) is 11.5 Å². The lowest BCUT2D eigenvalue weighted by atomic mass is 10.1. The summed E-state index contributed by atoms with van der Waals surface area (Å²) in [6.45, 7) is 0. The first-order chi connectivity index (χ1) is 14.5. The number of fused-ring (bicyclic) bond motifs is 1. The Balaban J connectivity index is 1.52. The van der Waals surface area contributed by atoms with E-state index in [4.69, 9.17) is 9.47 Å². The zero-order valence-electron chi connectivity index (χ0n) is 15.8. The van der Waals surface area contributed by atoms with Crippen LogP contribution in [0.15, 0.2) is 72.8 Å². The summed E-state index contributed by atoms with van der Waals surface area (Å²) >= 11 is 0. The van der Waals surface area contributed by atoms with Gasteiger partial charge in [0.2, 0.25) is 5.78 Å². The number of carbonyl (C=O) groups is 3. The smallest absolute Gasteiger partial charge is 0.345 e. The summed E-state index contributed by atoms with van der Waals surface area (Å²) < 4.78 is 15.7. The Labute approximate surface area is 171 Å². The first-order valence-electron chi connectivity index (χ1n) is 8.94. The second-order valence-electron chi connectivity index (χ2n) is 6.34. The van der Waals surface area contributed by atoms with Crippen molar-refractivity contribution in [2.75, 3.05) is 7.11 Å². The zero-order chi connectivity index (χ0) is 21.1. The van der Waals surface area contributed by atoms with E-state index in [1.165, 1.54) is 25.4 Å². The number of ketones is 1. The number of ether oxygens (including phenoxy) is 3. The van der Waals surface area contributed by atoms with E-state index in [-0.39, 0.29) is 17.3 Å². The lowest BCUT2D eigenvalue weighted by molar-refractivity contribution is 0.0600. The molecule has 4 rings (SSSR count). The van der Waals surface area contributed by atoms with Crippen LogP contribution in [0, 0.1) is 0 Å². The molecule has 2 heterocycles. The normalized spacial score (nSPS) is 13.5. The number of hydrogen-bond donors (Lipinski definition) is 0. The summed E-state index contributed by atoms with van der Waals surface area (Å²) in [5.41, 5.74) is 1.77. The Bertz CT molecular complexity index is 1170. The van der Waals surface area contributed by atoms with E-state index >= 15 is 0 Å². The molecule has 0 bridgehead atoms. The average molecular weight is 401 g/mol. The minimum absolute atomic E-state index is 0.131.